The minimum Gasteiger partial charge on any atom is -0.311 e. The van der Waals surface area contributed by atoms with Gasteiger partial charge in [-0.2, -0.15) is 0 Å². The monoisotopic (exact) mass is 790 g/mol. The van der Waals surface area contributed by atoms with Crippen LogP contribution in [0.3, 0.4) is 0 Å². The Morgan fingerprint density at radius 1 is 0.226 bits per heavy atom. The smallest absolute Gasteiger partial charge is 0.0541 e. The standard InChI is InChI=1S/C60H42N2/c1-3-12-43(13-4-1)45-22-24-47(25-23-45)48-30-34-53(35-31-48)61(55-38-40-56(41-39-55)62-59-20-9-7-18-57(59)58-19-8-10-21-60(58)62)54-36-32-50(33-37-54)52-17-11-16-51(42-52)49-28-26-46(27-29-49)44-14-5-2-6-15-44/h1-42H. The highest BCUT2D eigenvalue weighted by Gasteiger charge is 2.16. The third-order valence-corrected chi connectivity index (χ3v) is 12.0. The van der Waals surface area contributed by atoms with Gasteiger partial charge >= 0.3 is 0 Å². The van der Waals surface area contributed by atoms with Crippen LogP contribution in [0.1, 0.15) is 0 Å². The summed E-state index contributed by atoms with van der Waals surface area (Å²) in [6, 6.07) is 91.9. The van der Waals surface area contributed by atoms with Crippen molar-refractivity contribution in [3.05, 3.63) is 255 Å². The molecule has 0 atom stereocenters. The topological polar surface area (TPSA) is 8.17 Å². The number of nitrogens with zero attached hydrogens (tertiary/aromatic N) is 2. The average molecular weight is 791 g/mol. The minimum absolute atomic E-state index is 1.09. The molecule has 2 nitrogen and oxygen atoms in total. The SMILES string of the molecule is c1ccc(-c2ccc(-c3ccc(N(c4ccc(-c5cccc(-c6ccc(-c7ccccc7)cc6)c5)cc4)c4ccc(-n5c6ccccc6c6ccccc65)cc4)cc3)cc2)cc1. The summed E-state index contributed by atoms with van der Waals surface area (Å²) in [6.45, 7) is 0. The number of hydrogen-bond donors (Lipinski definition) is 0. The van der Waals surface area contributed by atoms with Crippen molar-refractivity contribution in [2.24, 2.45) is 0 Å². The van der Waals surface area contributed by atoms with Gasteiger partial charge in [-0.25, -0.2) is 0 Å². The Kier molecular flexibility index (Phi) is 9.57. The molecule has 2 heteroatoms. The van der Waals surface area contributed by atoms with Gasteiger partial charge in [-0.1, -0.05) is 188 Å². The molecule has 1 aromatic heterocycles. The van der Waals surface area contributed by atoms with Crippen LogP contribution in [0.15, 0.2) is 255 Å². The zero-order chi connectivity index (χ0) is 41.2. The fraction of sp³-hybridized carbons (Fsp3) is 0. The fourth-order valence-electron chi connectivity index (χ4n) is 8.85. The summed E-state index contributed by atoms with van der Waals surface area (Å²) in [5, 5.41) is 2.52. The number of anilines is 3. The maximum atomic E-state index is 2.37. The van der Waals surface area contributed by atoms with E-state index in [2.05, 4.69) is 264 Å². The van der Waals surface area contributed by atoms with E-state index in [9.17, 15) is 0 Å². The van der Waals surface area contributed by atoms with Crippen molar-refractivity contribution in [2.75, 3.05) is 4.90 Å². The molecule has 0 aliphatic carbocycles. The molecule has 0 saturated carbocycles. The quantitative estimate of drug-likeness (QED) is 0.141. The van der Waals surface area contributed by atoms with Crippen LogP contribution in [0.5, 0.6) is 0 Å². The molecular weight excluding hydrogens is 749 g/mol. The Balaban J connectivity index is 0.932. The molecule has 0 radical (unpaired) electrons. The van der Waals surface area contributed by atoms with Crippen LogP contribution in [0, 0.1) is 0 Å². The van der Waals surface area contributed by atoms with Crippen LogP contribution < -0.4 is 4.90 Å². The lowest BCUT2D eigenvalue weighted by molar-refractivity contribution is 1.17. The third kappa shape index (κ3) is 7.04. The number of aromatic nitrogens is 1. The Bertz CT molecular complexity index is 3220. The molecule has 292 valence electrons. The number of benzene rings is 10. The molecule has 11 aromatic rings. The zero-order valence-electron chi connectivity index (χ0n) is 34.1. The van der Waals surface area contributed by atoms with Crippen molar-refractivity contribution in [2.45, 2.75) is 0 Å². The number of hydrogen-bond acceptors (Lipinski definition) is 1. The van der Waals surface area contributed by atoms with Crippen molar-refractivity contribution < 1.29 is 0 Å². The van der Waals surface area contributed by atoms with E-state index in [0.29, 0.717) is 0 Å². The second-order valence-corrected chi connectivity index (χ2v) is 15.8. The molecule has 0 N–H and O–H groups in total. The van der Waals surface area contributed by atoms with Crippen LogP contribution in [-0.2, 0) is 0 Å². The molecule has 0 amide bonds. The molecule has 0 aliphatic heterocycles. The normalized spacial score (nSPS) is 11.2. The molecule has 0 fully saturated rings. The van der Waals surface area contributed by atoms with Gasteiger partial charge in [-0.3, -0.25) is 0 Å². The van der Waals surface area contributed by atoms with Crippen LogP contribution in [0.4, 0.5) is 17.1 Å². The van der Waals surface area contributed by atoms with E-state index in [-0.39, 0.29) is 0 Å². The van der Waals surface area contributed by atoms with Crippen LogP contribution in [0.2, 0.25) is 0 Å². The first-order chi connectivity index (χ1) is 30.7. The van der Waals surface area contributed by atoms with Crippen LogP contribution in [-0.4, -0.2) is 4.57 Å². The van der Waals surface area contributed by atoms with E-state index in [1.807, 2.05) is 0 Å². The van der Waals surface area contributed by atoms with E-state index < -0.39 is 0 Å². The van der Waals surface area contributed by atoms with E-state index in [0.717, 1.165) is 22.7 Å². The summed E-state index contributed by atoms with van der Waals surface area (Å²) in [5.41, 5.74) is 18.8. The summed E-state index contributed by atoms with van der Waals surface area (Å²) >= 11 is 0. The molecule has 10 aromatic carbocycles. The predicted octanol–water partition coefficient (Wildman–Crippen LogP) is 16.6. The lowest BCUT2D eigenvalue weighted by Gasteiger charge is -2.26. The molecule has 0 saturated heterocycles. The summed E-state index contributed by atoms with van der Waals surface area (Å²) in [6.07, 6.45) is 0. The van der Waals surface area contributed by atoms with Gasteiger partial charge in [0.1, 0.15) is 0 Å². The molecule has 1 heterocycles. The maximum absolute atomic E-state index is 2.37. The molecule has 0 unspecified atom stereocenters. The Labute approximate surface area is 362 Å². The third-order valence-electron chi connectivity index (χ3n) is 12.0. The largest absolute Gasteiger partial charge is 0.311 e. The van der Waals surface area contributed by atoms with Crippen molar-refractivity contribution in [3.63, 3.8) is 0 Å². The van der Waals surface area contributed by atoms with Crippen molar-refractivity contribution in [1.82, 2.24) is 4.57 Å². The molecule has 11 rings (SSSR count). The highest BCUT2D eigenvalue weighted by Crippen LogP contribution is 2.39. The number of fused-ring (bicyclic) bond motifs is 3. The average Bonchev–Trinajstić information content (AvgIpc) is 3.70. The van der Waals surface area contributed by atoms with E-state index >= 15 is 0 Å². The van der Waals surface area contributed by atoms with E-state index in [1.54, 1.807) is 0 Å². The zero-order valence-corrected chi connectivity index (χ0v) is 34.1. The van der Waals surface area contributed by atoms with Crippen LogP contribution >= 0.6 is 0 Å². The van der Waals surface area contributed by atoms with Gasteiger partial charge in [0.25, 0.3) is 0 Å². The lowest BCUT2D eigenvalue weighted by Crippen LogP contribution is -2.10. The van der Waals surface area contributed by atoms with Gasteiger partial charge in [0.2, 0.25) is 0 Å². The lowest BCUT2D eigenvalue weighted by atomic mass is 9.97. The second-order valence-electron chi connectivity index (χ2n) is 15.8. The second kappa shape index (κ2) is 16.1. The first-order valence-corrected chi connectivity index (χ1v) is 21.2. The van der Waals surface area contributed by atoms with E-state index in [4.69, 9.17) is 0 Å². The first kappa shape index (κ1) is 36.8. The van der Waals surface area contributed by atoms with Gasteiger partial charge in [-0.05, 0) is 122 Å². The highest BCUT2D eigenvalue weighted by molar-refractivity contribution is 6.09. The maximum Gasteiger partial charge on any atom is 0.0541 e. The first-order valence-electron chi connectivity index (χ1n) is 21.2. The Morgan fingerprint density at radius 3 is 0.919 bits per heavy atom. The molecule has 0 aliphatic rings. The van der Waals surface area contributed by atoms with Gasteiger partial charge in [0.15, 0.2) is 0 Å². The summed E-state index contributed by atoms with van der Waals surface area (Å²) < 4.78 is 2.37. The molecule has 62 heavy (non-hydrogen) atoms. The Morgan fingerprint density at radius 2 is 0.516 bits per heavy atom. The van der Waals surface area contributed by atoms with Gasteiger partial charge in [-0.15, -0.1) is 0 Å². The molecule has 0 spiro atoms. The van der Waals surface area contributed by atoms with Gasteiger partial charge in [0, 0.05) is 33.5 Å². The summed E-state index contributed by atoms with van der Waals surface area (Å²) in [7, 11) is 0. The van der Waals surface area contributed by atoms with Gasteiger partial charge < -0.3 is 9.47 Å². The molecular formula is C60H42N2. The van der Waals surface area contributed by atoms with Crippen molar-refractivity contribution >= 4 is 38.9 Å². The summed E-state index contributed by atoms with van der Waals surface area (Å²) in [4.78, 5) is 2.35. The molecule has 0 bridgehead atoms. The number of rotatable bonds is 9. The van der Waals surface area contributed by atoms with Crippen molar-refractivity contribution in [3.8, 4) is 61.3 Å². The van der Waals surface area contributed by atoms with E-state index in [1.165, 1.54) is 77.4 Å². The van der Waals surface area contributed by atoms with Crippen molar-refractivity contribution in [1.29, 1.82) is 0 Å². The van der Waals surface area contributed by atoms with Crippen LogP contribution in [0.25, 0.3) is 83.1 Å². The Hall–Kier alpha value is -8.20. The predicted molar refractivity (Wildman–Crippen MR) is 263 cm³/mol. The number of para-hydroxylation sites is 2. The van der Waals surface area contributed by atoms with Gasteiger partial charge in [0.05, 0.1) is 11.0 Å². The minimum atomic E-state index is 1.09. The highest BCUT2D eigenvalue weighted by atomic mass is 15.1. The summed E-state index contributed by atoms with van der Waals surface area (Å²) in [5.74, 6) is 0. The fourth-order valence-corrected chi connectivity index (χ4v) is 8.85.